The standard InChI is InChI=1S/C19H24N2O4/c1-3-24-17-4-5-18-14(11-17)10-15(12-25-18)19(23)20-16-6-8-21(9-7-16)13(2)22/h4-5,10-11,16H,3,6-9,12H2,1-2H3,(H,20,23). The van der Waals surface area contributed by atoms with Crippen molar-refractivity contribution in [3.05, 3.63) is 29.3 Å². The number of carbonyl (C=O) groups is 2. The van der Waals surface area contributed by atoms with E-state index in [1.807, 2.05) is 36.1 Å². The molecule has 134 valence electrons. The summed E-state index contributed by atoms with van der Waals surface area (Å²) in [6.45, 7) is 5.75. The van der Waals surface area contributed by atoms with E-state index in [9.17, 15) is 9.59 Å². The molecule has 2 amide bonds. The minimum absolute atomic E-state index is 0.0925. The van der Waals surface area contributed by atoms with Crippen molar-refractivity contribution < 1.29 is 19.1 Å². The molecular weight excluding hydrogens is 320 g/mol. The molecule has 0 aliphatic carbocycles. The van der Waals surface area contributed by atoms with Crippen molar-refractivity contribution in [3.8, 4) is 11.5 Å². The normalized spacial score (nSPS) is 17.2. The van der Waals surface area contributed by atoms with E-state index in [4.69, 9.17) is 9.47 Å². The zero-order chi connectivity index (χ0) is 17.8. The molecule has 1 N–H and O–H groups in total. The van der Waals surface area contributed by atoms with Crippen LogP contribution in [0.1, 0.15) is 32.3 Å². The number of hydrogen-bond donors (Lipinski definition) is 1. The molecule has 0 bridgehead atoms. The van der Waals surface area contributed by atoms with Crippen LogP contribution in [-0.4, -0.2) is 49.1 Å². The van der Waals surface area contributed by atoms with E-state index in [1.165, 1.54) is 0 Å². The van der Waals surface area contributed by atoms with Crippen molar-refractivity contribution in [2.45, 2.75) is 32.7 Å². The molecule has 0 spiro atoms. The molecule has 2 heterocycles. The van der Waals surface area contributed by atoms with Crippen molar-refractivity contribution in [3.63, 3.8) is 0 Å². The number of piperidine rings is 1. The number of fused-ring (bicyclic) bond motifs is 1. The van der Waals surface area contributed by atoms with Crippen LogP contribution >= 0.6 is 0 Å². The molecule has 2 aliphatic heterocycles. The van der Waals surface area contributed by atoms with Gasteiger partial charge in [-0.15, -0.1) is 0 Å². The van der Waals surface area contributed by atoms with E-state index in [2.05, 4.69) is 5.32 Å². The van der Waals surface area contributed by atoms with Gasteiger partial charge in [-0.05, 0) is 44.0 Å². The van der Waals surface area contributed by atoms with Crippen LogP contribution in [0.4, 0.5) is 0 Å². The second-order valence-corrected chi connectivity index (χ2v) is 6.34. The highest BCUT2D eigenvalue weighted by Gasteiger charge is 2.24. The molecular formula is C19H24N2O4. The van der Waals surface area contributed by atoms with Gasteiger partial charge >= 0.3 is 0 Å². The molecule has 1 saturated heterocycles. The number of hydrogen-bond acceptors (Lipinski definition) is 4. The third-order valence-corrected chi connectivity index (χ3v) is 4.57. The van der Waals surface area contributed by atoms with E-state index in [-0.39, 0.29) is 24.5 Å². The van der Waals surface area contributed by atoms with Gasteiger partial charge < -0.3 is 19.7 Å². The van der Waals surface area contributed by atoms with Crippen LogP contribution in [0.25, 0.3) is 6.08 Å². The summed E-state index contributed by atoms with van der Waals surface area (Å²) >= 11 is 0. The molecule has 1 aromatic rings. The summed E-state index contributed by atoms with van der Waals surface area (Å²) in [5.41, 5.74) is 1.46. The van der Waals surface area contributed by atoms with Gasteiger partial charge in [-0.1, -0.05) is 0 Å². The molecule has 1 fully saturated rings. The number of rotatable bonds is 4. The average Bonchev–Trinajstić information content (AvgIpc) is 2.62. The summed E-state index contributed by atoms with van der Waals surface area (Å²) < 4.78 is 11.2. The summed E-state index contributed by atoms with van der Waals surface area (Å²) in [7, 11) is 0. The summed E-state index contributed by atoms with van der Waals surface area (Å²) in [6, 6.07) is 5.71. The first kappa shape index (κ1) is 17.3. The second kappa shape index (κ2) is 7.59. The predicted octanol–water partition coefficient (Wildman–Crippen LogP) is 1.99. The van der Waals surface area contributed by atoms with Gasteiger partial charge in [-0.25, -0.2) is 0 Å². The maximum absolute atomic E-state index is 12.5. The number of benzene rings is 1. The molecule has 0 radical (unpaired) electrons. The van der Waals surface area contributed by atoms with Crippen molar-refractivity contribution >= 4 is 17.9 Å². The Bertz CT molecular complexity index is 691. The maximum Gasteiger partial charge on any atom is 0.250 e. The fourth-order valence-electron chi connectivity index (χ4n) is 3.16. The van der Waals surface area contributed by atoms with Crippen molar-refractivity contribution in [1.29, 1.82) is 0 Å². The number of likely N-dealkylation sites (tertiary alicyclic amines) is 1. The molecule has 25 heavy (non-hydrogen) atoms. The summed E-state index contributed by atoms with van der Waals surface area (Å²) in [5.74, 6) is 1.51. The van der Waals surface area contributed by atoms with Gasteiger partial charge in [0.1, 0.15) is 18.1 Å². The fraction of sp³-hybridized carbons (Fsp3) is 0.474. The van der Waals surface area contributed by atoms with E-state index in [0.717, 1.165) is 29.9 Å². The number of ether oxygens (including phenoxy) is 2. The van der Waals surface area contributed by atoms with Gasteiger partial charge in [0.15, 0.2) is 0 Å². The smallest absolute Gasteiger partial charge is 0.250 e. The summed E-state index contributed by atoms with van der Waals surface area (Å²) in [5, 5.41) is 3.06. The molecule has 0 aromatic heterocycles. The third kappa shape index (κ3) is 4.13. The van der Waals surface area contributed by atoms with Crippen LogP contribution < -0.4 is 14.8 Å². The van der Waals surface area contributed by atoms with E-state index < -0.39 is 0 Å². The Kier molecular flexibility index (Phi) is 5.26. The third-order valence-electron chi connectivity index (χ3n) is 4.57. The van der Waals surface area contributed by atoms with Gasteiger partial charge in [0.25, 0.3) is 5.91 Å². The largest absolute Gasteiger partial charge is 0.494 e. The van der Waals surface area contributed by atoms with Crippen molar-refractivity contribution in [1.82, 2.24) is 10.2 Å². The quantitative estimate of drug-likeness (QED) is 0.907. The molecule has 0 saturated carbocycles. The van der Waals surface area contributed by atoms with Crippen LogP contribution in [0.3, 0.4) is 0 Å². The lowest BCUT2D eigenvalue weighted by Crippen LogP contribution is -2.46. The molecule has 3 rings (SSSR count). The Hall–Kier alpha value is -2.50. The minimum Gasteiger partial charge on any atom is -0.494 e. The predicted molar refractivity (Wildman–Crippen MR) is 94.5 cm³/mol. The average molecular weight is 344 g/mol. The first-order valence-electron chi connectivity index (χ1n) is 8.73. The molecule has 6 nitrogen and oxygen atoms in total. The van der Waals surface area contributed by atoms with Gasteiger partial charge in [0.05, 0.1) is 12.2 Å². The van der Waals surface area contributed by atoms with E-state index >= 15 is 0 Å². The second-order valence-electron chi connectivity index (χ2n) is 6.34. The lowest BCUT2D eigenvalue weighted by atomic mass is 10.0. The van der Waals surface area contributed by atoms with E-state index in [0.29, 0.717) is 25.3 Å². The van der Waals surface area contributed by atoms with Crippen LogP contribution in [0, 0.1) is 0 Å². The highest BCUT2D eigenvalue weighted by atomic mass is 16.5. The minimum atomic E-state index is -0.103. The topological polar surface area (TPSA) is 67.9 Å². The fourth-order valence-corrected chi connectivity index (χ4v) is 3.16. The first-order chi connectivity index (χ1) is 12.1. The Morgan fingerprint density at radius 2 is 2.08 bits per heavy atom. The van der Waals surface area contributed by atoms with Gasteiger partial charge in [0, 0.05) is 31.6 Å². The number of amides is 2. The maximum atomic E-state index is 12.5. The molecule has 6 heteroatoms. The van der Waals surface area contributed by atoms with Crippen LogP contribution in [0.2, 0.25) is 0 Å². The highest BCUT2D eigenvalue weighted by Crippen LogP contribution is 2.30. The SMILES string of the molecule is CCOc1ccc2c(c1)C=C(C(=O)NC1CCN(C(C)=O)CC1)CO2. The molecule has 1 aromatic carbocycles. The molecule has 2 aliphatic rings. The zero-order valence-electron chi connectivity index (χ0n) is 14.7. The summed E-state index contributed by atoms with van der Waals surface area (Å²) in [4.78, 5) is 25.7. The number of nitrogens with zero attached hydrogens (tertiary/aromatic N) is 1. The van der Waals surface area contributed by atoms with Crippen LogP contribution in [0.15, 0.2) is 23.8 Å². The highest BCUT2D eigenvalue weighted by molar-refractivity contribution is 5.99. The van der Waals surface area contributed by atoms with Crippen LogP contribution in [-0.2, 0) is 9.59 Å². The van der Waals surface area contributed by atoms with Gasteiger partial charge in [-0.3, -0.25) is 9.59 Å². The Balaban J connectivity index is 1.63. The van der Waals surface area contributed by atoms with Gasteiger partial charge in [0.2, 0.25) is 5.91 Å². The Labute approximate surface area is 147 Å². The van der Waals surface area contributed by atoms with Crippen molar-refractivity contribution in [2.24, 2.45) is 0 Å². The molecule has 0 unspecified atom stereocenters. The van der Waals surface area contributed by atoms with E-state index in [1.54, 1.807) is 6.92 Å². The number of nitrogens with one attached hydrogen (secondary N) is 1. The molecule has 0 atom stereocenters. The monoisotopic (exact) mass is 344 g/mol. The van der Waals surface area contributed by atoms with Crippen molar-refractivity contribution in [2.75, 3.05) is 26.3 Å². The summed E-state index contributed by atoms with van der Waals surface area (Å²) in [6.07, 6.45) is 3.43. The Morgan fingerprint density at radius 1 is 1.32 bits per heavy atom. The lowest BCUT2D eigenvalue weighted by molar-refractivity contribution is -0.130. The van der Waals surface area contributed by atoms with Gasteiger partial charge in [-0.2, -0.15) is 0 Å². The lowest BCUT2D eigenvalue weighted by Gasteiger charge is -2.32. The number of carbonyl (C=O) groups excluding carboxylic acids is 2. The van der Waals surface area contributed by atoms with Crippen LogP contribution in [0.5, 0.6) is 11.5 Å². The Morgan fingerprint density at radius 3 is 2.76 bits per heavy atom. The zero-order valence-corrected chi connectivity index (χ0v) is 14.7. The first-order valence-corrected chi connectivity index (χ1v) is 8.73.